The summed E-state index contributed by atoms with van der Waals surface area (Å²) in [4.78, 5) is 11.0. The van der Waals surface area contributed by atoms with Gasteiger partial charge in [0.2, 0.25) is 0 Å². The third-order valence-electron chi connectivity index (χ3n) is 2.84. The zero-order valence-electron chi connectivity index (χ0n) is 10.8. The lowest BCUT2D eigenvalue weighted by molar-refractivity contribution is 0.112. The molecule has 4 nitrogen and oxygen atoms in total. The molecular weight excluding hydrogens is 228 g/mol. The smallest absolute Gasteiger partial charge is 0.153 e. The molecule has 1 aromatic heterocycles. The number of ether oxygens (including phenoxy) is 1. The van der Waals surface area contributed by atoms with E-state index in [0.29, 0.717) is 12.2 Å². The second-order valence-electron chi connectivity index (χ2n) is 4.10. The summed E-state index contributed by atoms with van der Waals surface area (Å²) < 4.78 is 7.21. The third kappa shape index (κ3) is 2.14. The van der Waals surface area contributed by atoms with E-state index in [9.17, 15) is 4.79 Å². The highest BCUT2D eigenvalue weighted by atomic mass is 16.5. The van der Waals surface area contributed by atoms with Gasteiger partial charge < -0.3 is 4.74 Å². The molecule has 0 aliphatic rings. The fraction of sp³-hybridized carbons (Fsp3) is 0.286. The molecule has 0 amide bonds. The van der Waals surface area contributed by atoms with Crippen LogP contribution < -0.4 is 4.74 Å². The summed E-state index contributed by atoms with van der Waals surface area (Å²) in [6, 6.07) is 5.88. The molecule has 0 aliphatic heterocycles. The lowest BCUT2D eigenvalue weighted by Gasteiger charge is -2.09. The topological polar surface area (TPSA) is 44.1 Å². The molecule has 94 valence electrons. The Hall–Kier alpha value is -2.10. The highest BCUT2D eigenvalue weighted by molar-refractivity contribution is 5.85. The fourth-order valence-electron chi connectivity index (χ4n) is 2.01. The minimum Gasteiger partial charge on any atom is -0.494 e. The van der Waals surface area contributed by atoms with E-state index in [1.807, 2.05) is 39.1 Å². The standard InChI is InChI=1S/C14H16N2O2/c1-4-18-13-6-5-11(7-10(13)2)14-12(9-17)8-15-16(14)3/h5-9H,4H2,1-3H3. The summed E-state index contributed by atoms with van der Waals surface area (Å²) in [5.41, 5.74) is 3.45. The molecule has 2 aromatic rings. The van der Waals surface area contributed by atoms with Crippen LogP contribution in [0.5, 0.6) is 5.75 Å². The average molecular weight is 244 g/mol. The van der Waals surface area contributed by atoms with Gasteiger partial charge in [-0.25, -0.2) is 0 Å². The van der Waals surface area contributed by atoms with Crippen LogP contribution in [0.3, 0.4) is 0 Å². The zero-order valence-corrected chi connectivity index (χ0v) is 10.8. The second-order valence-corrected chi connectivity index (χ2v) is 4.10. The van der Waals surface area contributed by atoms with E-state index in [2.05, 4.69) is 5.10 Å². The van der Waals surface area contributed by atoms with Crippen molar-refractivity contribution in [2.45, 2.75) is 13.8 Å². The second kappa shape index (κ2) is 5.04. The van der Waals surface area contributed by atoms with Crippen LogP contribution in [0.25, 0.3) is 11.3 Å². The van der Waals surface area contributed by atoms with Crippen molar-refractivity contribution >= 4 is 6.29 Å². The van der Waals surface area contributed by atoms with Gasteiger partial charge in [-0.2, -0.15) is 5.10 Å². The fourth-order valence-corrected chi connectivity index (χ4v) is 2.01. The van der Waals surface area contributed by atoms with Gasteiger partial charge in [0.05, 0.1) is 24.1 Å². The quantitative estimate of drug-likeness (QED) is 0.776. The van der Waals surface area contributed by atoms with E-state index >= 15 is 0 Å². The lowest BCUT2D eigenvalue weighted by Crippen LogP contribution is -1.98. The minimum atomic E-state index is 0.598. The maximum atomic E-state index is 11.0. The number of carbonyl (C=O) groups excluding carboxylic acids is 1. The third-order valence-corrected chi connectivity index (χ3v) is 2.84. The van der Waals surface area contributed by atoms with Crippen LogP contribution in [0, 0.1) is 6.92 Å². The number of aromatic nitrogens is 2. The largest absolute Gasteiger partial charge is 0.494 e. The molecule has 0 bridgehead atoms. The number of aldehydes is 1. The molecule has 2 rings (SSSR count). The number of rotatable bonds is 4. The maximum Gasteiger partial charge on any atom is 0.153 e. The van der Waals surface area contributed by atoms with Crippen molar-refractivity contribution in [3.05, 3.63) is 35.5 Å². The zero-order chi connectivity index (χ0) is 13.1. The van der Waals surface area contributed by atoms with Gasteiger partial charge >= 0.3 is 0 Å². The Morgan fingerprint density at radius 2 is 2.22 bits per heavy atom. The van der Waals surface area contributed by atoms with Crippen LogP contribution >= 0.6 is 0 Å². The lowest BCUT2D eigenvalue weighted by atomic mass is 10.1. The number of carbonyl (C=O) groups is 1. The summed E-state index contributed by atoms with van der Waals surface area (Å²) in [6.07, 6.45) is 2.41. The SMILES string of the molecule is CCOc1ccc(-c2c(C=O)cnn2C)cc1C. The Morgan fingerprint density at radius 3 is 2.83 bits per heavy atom. The van der Waals surface area contributed by atoms with Gasteiger partial charge in [0.15, 0.2) is 6.29 Å². The Morgan fingerprint density at radius 1 is 1.44 bits per heavy atom. The monoisotopic (exact) mass is 244 g/mol. The summed E-state index contributed by atoms with van der Waals surface area (Å²) in [5.74, 6) is 0.871. The predicted molar refractivity (Wildman–Crippen MR) is 69.9 cm³/mol. The van der Waals surface area contributed by atoms with Gasteiger partial charge in [0, 0.05) is 12.6 Å². The van der Waals surface area contributed by atoms with Gasteiger partial charge in [-0.15, -0.1) is 0 Å². The van der Waals surface area contributed by atoms with Gasteiger partial charge in [-0.05, 0) is 37.6 Å². The Bertz CT molecular complexity index is 573. The van der Waals surface area contributed by atoms with Crippen LogP contribution in [-0.4, -0.2) is 22.7 Å². The Kier molecular flexibility index (Phi) is 3.46. The molecule has 0 unspecified atom stereocenters. The van der Waals surface area contributed by atoms with Crippen LogP contribution in [-0.2, 0) is 7.05 Å². The highest BCUT2D eigenvalue weighted by Crippen LogP contribution is 2.27. The van der Waals surface area contributed by atoms with Crippen LogP contribution in [0.2, 0.25) is 0 Å². The molecule has 0 saturated heterocycles. The summed E-state index contributed by atoms with van der Waals surface area (Å²) in [5, 5.41) is 4.11. The highest BCUT2D eigenvalue weighted by Gasteiger charge is 2.11. The van der Waals surface area contributed by atoms with Crippen LogP contribution in [0.15, 0.2) is 24.4 Å². The Labute approximate surface area is 106 Å². The normalized spacial score (nSPS) is 10.4. The summed E-state index contributed by atoms with van der Waals surface area (Å²) in [6.45, 7) is 4.59. The number of hydrogen-bond acceptors (Lipinski definition) is 3. The van der Waals surface area contributed by atoms with Gasteiger partial charge in [-0.3, -0.25) is 9.48 Å². The molecule has 0 fully saturated rings. The number of aryl methyl sites for hydroxylation is 2. The van der Waals surface area contributed by atoms with E-state index < -0.39 is 0 Å². The number of nitrogens with zero attached hydrogens (tertiary/aromatic N) is 2. The van der Waals surface area contributed by atoms with Gasteiger partial charge in [-0.1, -0.05) is 0 Å². The summed E-state index contributed by atoms with van der Waals surface area (Å²) in [7, 11) is 1.83. The first-order valence-electron chi connectivity index (χ1n) is 5.88. The van der Waals surface area contributed by atoms with E-state index in [1.165, 1.54) is 0 Å². The molecular formula is C14H16N2O2. The average Bonchev–Trinajstić information content (AvgIpc) is 2.73. The first-order chi connectivity index (χ1) is 8.67. The molecule has 18 heavy (non-hydrogen) atoms. The van der Waals surface area contributed by atoms with Crippen molar-refractivity contribution in [1.82, 2.24) is 9.78 Å². The molecule has 1 heterocycles. The van der Waals surface area contributed by atoms with Crippen LogP contribution in [0.4, 0.5) is 0 Å². The first kappa shape index (κ1) is 12.4. The van der Waals surface area contributed by atoms with Crippen molar-refractivity contribution < 1.29 is 9.53 Å². The molecule has 4 heteroatoms. The molecule has 0 spiro atoms. The van der Waals surface area contributed by atoms with E-state index in [4.69, 9.17) is 4.74 Å². The van der Waals surface area contributed by atoms with E-state index in [1.54, 1.807) is 10.9 Å². The molecule has 0 radical (unpaired) electrons. The molecule has 0 N–H and O–H groups in total. The van der Waals surface area contributed by atoms with E-state index in [0.717, 1.165) is 28.9 Å². The maximum absolute atomic E-state index is 11.0. The van der Waals surface area contributed by atoms with Crippen molar-refractivity contribution in [3.8, 4) is 17.0 Å². The van der Waals surface area contributed by atoms with Crippen molar-refractivity contribution in [2.24, 2.45) is 7.05 Å². The number of hydrogen-bond donors (Lipinski definition) is 0. The van der Waals surface area contributed by atoms with Crippen molar-refractivity contribution in [3.63, 3.8) is 0 Å². The minimum absolute atomic E-state index is 0.598. The molecule has 0 aliphatic carbocycles. The Balaban J connectivity index is 2.48. The summed E-state index contributed by atoms with van der Waals surface area (Å²) >= 11 is 0. The molecule has 0 saturated carbocycles. The predicted octanol–water partition coefficient (Wildman–Crippen LogP) is 2.61. The van der Waals surface area contributed by atoms with Gasteiger partial charge in [0.25, 0.3) is 0 Å². The van der Waals surface area contributed by atoms with Gasteiger partial charge in [0.1, 0.15) is 5.75 Å². The van der Waals surface area contributed by atoms with Crippen molar-refractivity contribution in [1.29, 1.82) is 0 Å². The number of benzene rings is 1. The van der Waals surface area contributed by atoms with E-state index in [-0.39, 0.29) is 0 Å². The molecule has 0 atom stereocenters. The van der Waals surface area contributed by atoms with Crippen molar-refractivity contribution in [2.75, 3.05) is 6.61 Å². The first-order valence-corrected chi connectivity index (χ1v) is 5.88. The molecule has 1 aromatic carbocycles. The van der Waals surface area contributed by atoms with Crippen LogP contribution in [0.1, 0.15) is 22.8 Å².